The molecule has 0 bridgehead atoms. The van der Waals surface area contributed by atoms with E-state index in [9.17, 15) is 8.42 Å². The van der Waals surface area contributed by atoms with Crippen LogP contribution < -0.4 is 10.0 Å². The van der Waals surface area contributed by atoms with Crippen LogP contribution in [0.1, 0.15) is 39.5 Å². The lowest BCUT2D eigenvalue weighted by Gasteiger charge is -2.35. The van der Waals surface area contributed by atoms with Gasteiger partial charge in [0.15, 0.2) is 0 Å². The van der Waals surface area contributed by atoms with E-state index in [1.165, 1.54) is 0 Å². The zero-order valence-corrected chi connectivity index (χ0v) is 13.7. The zero-order chi connectivity index (χ0) is 15.0. The standard InChI is InChI=1S/C13H29N3O3S/c1-4-8-14-11-13-7-5-6-9-16(13)20(17,18)15-10-12(2)19-3/h12-15H,4-11H2,1-3H3. The van der Waals surface area contributed by atoms with Crippen LogP contribution in [0.4, 0.5) is 0 Å². The molecule has 6 nitrogen and oxygen atoms in total. The van der Waals surface area contributed by atoms with Crippen molar-refractivity contribution in [3.63, 3.8) is 0 Å². The molecule has 1 heterocycles. The Balaban J connectivity index is 2.58. The zero-order valence-electron chi connectivity index (χ0n) is 12.9. The maximum Gasteiger partial charge on any atom is 0.279 e. The van der Waals surface area contributed by atoms with E-state index in [0.717, 1.165) is 38.8 Å². The van der Waals surface area contributed by atoms with Crippen LogP contribution >= 0.6 is 0 Å². The molecule has 0 saturated carbocycles. The normalized spacial score (nSPS) is 22.9. The highest BCUT2D eigenvalue weighted by atomic mass is 32.2. The van der Waals surface area contributed by atoms with Gasteiger partial charge in [-0.15, -0.1) is 0 Å². The summed E-state index contributed by atoms with van der Waals surface area (Å²) in [6.45, 7) is 6.53. The second-order valence-electron chi connectivity index (χ2n) is 5.36. The maximum absolute atomic E-state index is 12.4. The summed E-state index contributed by atoms with van der Waals surface area (Å²) in [5.74, 6) is 0. The van der Waals surface area contributed by atoms with Crippen LogP contribution in [0.5, 0.6) is 0 Å². The first-order chi connectivity index (χ1) is 9.51. The number of hydrogen-bond donors (Lipinski definition) is 2. The van der Waals surface area contributed by atoms with Gasteiger partial charge in [-0.05, 0) is 32.7 Å². The number of ether oxygens (including phenoxy) is 1. The molecule has 0 spiro atoms. The molecule has 0 aliphatic carbocycles. The van der Waals surface area contributed by atoms with Crippen molar-refractivity contribution in [3.8, 4) is 0 Å². The fraction of sp³-hybridized carbons (Fsp3) is 1.00. The van der Waals surface area contributed by atoms with Crippen molar-refractivity contribution in [2.45, 2.75) is 51.7 Å². The molecule has 0 radical (unpaired) electrons. The lowest BCUT2D eigenvalue weighted by Crippen LogP contribution is -2.53. The summed E-state index contributed by atoms with van der Waals surface area (Å²) in [4.78, 5) is 0. The van der Waals surface area contributed by atoms with Crippen LogP contribution in [0.15, 0.2) is 0 Å². The molecule has 0 amide bonds. The third-order valence-electron chi connectivity index (χ3n) is 3.64. The minimum absolute atomic E-state index is 0.0608. The topological polar surface area (TPSA) is 70.7 Å². The van der Waals surface area contributed by atoms with Gasteiger partial charge >= 0.3 is 0 Å². The highest BCUT2D eigenvalue weighted by Gasteiger charge is 2.31. The molecule has 1 saturated heterocycles. The minimum Gasteiger partial charge on any atom is -0.380 e. The molecule has 0 aromatic carbocycles. The molecule has 2 N–H and O–H groups in total. The predicted molar refractivity (Wildman–Crippen MR) is 80.9 cm³/mol. The van der Waals surface area contributed by atoms with E-state index < -0.39 is 10.2 Å². The molecular weight excluding hydrogens is 278 g/mol. The Morgan fingerprint density at radius 2 is 2.15 bits per heavy atom. The molecule has 120 valence electrons. The first-order valence-electron chi connectivity index (χ1n) is 7.51. The fourth-order valence-electron chi connectivity index (χ4n) is 2.33. The van der Waals surface area contributed by atoms with Crippen molar-refractivity contribution in [3.05, 3.63) is 0 Å². The lowest BCUT2D eigenvalue weighted by atomic mass is 10.1. The highest BCUT2D eigenvalue weighted by molar-refractivity contribution is 7.87. The van der Waals surface area contributed by atoms with Gasteiger partial charge in [-0.25, -0.2) is 0 Å². The van der Waals surface area contributed by atoms with E-state index >= 15 is 0 Å². The van der Waals surface area contributed by atoms with Gasteiger partial charge in [0.25, 0.3) is 10.2 Å². The third kappa shape index (κ3) is 5.65. The highest BCUT2D eigenvalue weighted by Crippen LogP contribution is 2.19. The Hall–Kier alpha value is -0.210. The Labute approximate surface area is 123 Å². The van der Waals surface area contributed by atoms with Crippen LogP contribution in [0.3, 0.4) is 0 Å². The molecule has 1 aliphatic rings. The van der Waals surface area contributed by atoms with E-state index in [1.807, 2.05) is 6.92 Å². The number of methoxy groups -OCH3 is 1. The number of piperidine rings is 1. The summed E-state index contributed by atoms with van der Waals surface area (Å²) >= 11 is 0. The van der Waals surface area contributed by atoms with Crippen molar-refractivity contribution in [2.24, 2.45) is 0 Å². The van der Waals surface area contributed by atoms with Gasteiger partial charge in [-0.2, -0.15) is 17.4 Å². The molecule has 1 rings (SSSR count). The molecule has 7 heteroatoms. The van der Waals surface area contributed by atoms with Crippen molar-refractivity contribution < 1.29 is 13.2 Å². The quantitative estimate of drug-likeness (QED) is 0.616. The second-order valence-corrected chi connectivity index (χ2v) is 7.07. The summed E-state index contributed by atoms with van der Waals surface area (Å²) in [5.41, 5.74) is 0. The largest absolute Gasteiger partial charge is 0.380 e. The molecule has 0 aromatic heterocycles. The maximum atomic E-state index is 12.4. The van der Waals surface area contributed by atoms with Crippen molar-refractivity contribution >= 4 is 10.2 Å². The number of nitrogens with zero attached hydrogens (tertiary/aromatic N) is 1. The minimum atomic E-state index is -3.41. The van der Waals surface area contributed by atoms with E-state index in [4.69, 9.17) is 4.74 Å². The molecule has 1 aliphatic heterocycles. The van der Waals surface area contributed by atoms with Crippen LogP contribution in [-0.2, 0) is 14.9 Å². The molecule has 0 aromatic rings. The Morgan fingerprint density at radius 3 is 2.80 bits per heavy atom. The molecule has 2 unspecified atom stereocenters. The van der Waals surface area contributed by atoms with Gasteiger partial charge < -0.3 is 10.1 Å². The summed E-state index contributed by atoms with van der Waals surface area (Å²) < 4.78 is 34.1. The Kier molecular flexibility index (Phi) is 7.98. The van der Waals surface area contributed by atoms with Gasteiger partial charge in [0, 0.05) is 32.8 Å². The average molecular weight is 307 g/mol. The molecule has 1 fully saturated rings. The molecule has 20 heavy (non-hydrogen) atoms. The first-order valence-corrected chi connectivity index (χ1v) is 8.95. The predicted octanol–water partition coefficient (Wildman–Crippen LogP) is 0.710. The van der Waals surface area contributed by atoms with Crippen LogP contribution in [0.25, 0.3) is 0 Å². The van der Waals surface area contributed by atoms with Gasteiger partial charge in [0.05, 0.1) is 6.10 Å². The lowest BCUT2D eigenvalue weighted by molar-refractivity contribution is 0.121. The van der Waals surface area contributed by atoms with Gasteiger partial charge in [-0.3, -0.25) is 0 Å². The van der Waals surface area contributed by atoms with E-state index in [2.05, 4.69) is 17.0 Å². The fourth-order valence-corrected chi connectivity index (χ4v) is 3.88. The third-order valence-corrected chi connectivity index (χ3v) is 5.27. The van der Waals surface area contributed by atoms with Gasteiger partial charge in [-0.1, -0.05) is 13.3 Å². The molecule has 2 atom stereocenters. The second kappa shape index (κ2) is 8.94. The summed E-state index contributed by atoms with van der Waals surface area (Å²) in [6, 6.07) is 0.0608. The number of rotatable bonds is 9. The number of nitrogens with one attached hydrogen (secondary N) is 2. The summed E-state index contributed by atoms with van der Waals surface area (Å²) in [5, 5.41) is 3.32. The van der Waals surface area contributed by atoms with Crippen molar-refractivity contribution in [2.75, 3.05) is 33.3 Å². The van der Waals surface area contributed by atoms with Crippen molar-refractivity contribution in [1.82, 2.24) is 14.3 Å². The smallest absolute Gasteiger partial charge is 0.279 e. The SMILES string of the molecule is CCCNCC1CCCCN1S(=O)(=O)NCC(C)OC. The monoisotopic (exact) mass is 307 g/mol. The average Bonchev–Trinajstić information content (AvgIpc) is 2.45. The number of hydrogen-bond acceptors (Lipinski definition) is 4. The van der Waals surface area contributed by atoms with E-state index in [-0.39, 0.29) is 12.1 Å². The summed E-state index contributed by atoms with van der Waals surface area (Å²) in [6.07, 6.45) is 3.90. The summed E-state index contributed by atoms with van der Waals surface area (Å²) in [7, 11) is -1.83. The van der Waals surface area contributed by atoms with Crippen LogP contribution in [0.2, 0.25) is 0 Å². The Morgan fingerprint density at radius 1 is 1.40 bits per heavy atom. The Bertz CT molecular complexity index is 362. The van der Waals surface area contributed by atoms with Crippen LogP contribution in [-0.4, -0.2) is 58.2 Å². The van der Waals surface area contributed by atoms with Gasteiger partial charge in [0.2, 0.25) is 0 Å². The van der Waals surface area contributed by atoms with Crippen molar-refractivity contribution in [1.29, 1.82) is 0 Å². The first kappa shape index (κ1) is 17.8. The van der Waals surface area contributed by atoms with Crippen LogP contribution in [0, 0.1) is 0 Å². The van der Waals surface area contributed by atoms with E-state index in [1.54, 1.807) is 11.4 Å². The molecular formula is C13H29N3O3S. The van der Waals surface area contributed by atoms with E-state index in [0.29, 0.717) is 13.1 Å². The van der Waals surface area contributed by atoms with Gasteiger partial charge in [0.1, 0.15) is 0 Å².